The predicted molar refractivity (Wildman–Crippen MR) is 116 cm³/mol. The van der Waals surface area contributed by atoms with E-state index in [0.717, 1.165) is 30.6 Å². The van der Waals surface area contributed by atoms with Gasteiger partial charge in [0.05, 0.1) is 6.10 Å². The second kappa shape index (κ2) is 13.8. The van der Waals surface area contributed by atoms with Crippen LogP contribution in [-0.4, -0.2) is 22.9 Å². The Kier molecular flexibility index (Phi) is 11.7. The summed E-state index contributed by atoms with van der Waals surface area (Å²) in [5.74, 6) is 2.79. The van der Waals surface area contributed by atoms with Crippen LogP contribution in [0.2, 0.25) is 0 Å². The number of unbranched alkanes of at least 4 members (excludes halogenated alkanes) is 10. The fourth-order valence-corrected chi connectivity index (χ4v) is 5.65. The largest absolute Gasteiger partial charge is 0.396 e. The van der Waals surface area contributed by atoms with Crippen molar-refractivity contribution in [2.24, 2.45) is 23.7 Å². The first-order chi connectivity index (χ1) is 13.3. The van der Waals surface area contributed by atoms with Crippen LogP contribution in [0.1, 0.15) is 110 Å². The zero-order chi connectivity index (χ0) is 19.3. The van der Waals surface area contributed by atoms with Crippen LogP contribution in [0, 0.1) is 23.7 Å². The highest BCUT2D eigenvalue weighted by molar-refractivity contribution is 5.05. The summed E-state index contributed by atoms with van der Waals surface area (Å²) in [4.78, 5) is 0. The highest BCUT2D eigenvalue weighted by Crippen LogP contribution is 2.51. The van der Waals surface area contributed by atoms with Crippen LogP contribution in [-0.2, 0) is 0 Å². The quantitative estimate of drug-likeness (QED) is 0.247. The van der Waals surface area contributed by atoms with Crippen LogP contribution in [0.3, 0.4) is 0 Å². The molecule has 158 valence electrons. The van der Waals surface area contributed by atoms with Gasteiger partial charge in [0.25, 0.3) is 0 Å². The molecule has 27 heavy (non-hydrogen) atoms. The molecule has 2 nitrogen and oxygen atoms in total. The molecular weight excluding hydrogens is 332 g/mol. The molecule has 0 aromatic heterocycles. The van der Waals surface area contributed by atoms with Crippen molar-refractivity contribution in [3.05, 3.63) is 12.2 Å². The van der Waals surface area contributed by atoms with Gasteiger partial charge in [-0.3, -0.25) is 0 Å². The van der Waals surface area contributed by atoms with E-state index in [1.165, 1.54) is 89.9 Å². The van der Waals surface area contributed by atoms with Crippen LogP contribution in [0.5, 0.6) is 0 Å². The van der Waals surface area contributed by atoms with Gasteiger partial charge in [0.15, 0.2) is 0 Å². The van der Waals surface area contributed by atoms with Crippen LogP contribution in [0.4, 0.5) is 0 Å². The lowest BCUT2D eigenvalue weighted by Crippen LogP contribution is -2.17. The smallest absolute Gasteiger partial charge is 0.0608 e. The summed E-state index contributed by atoms with van der Waals surface area (Å²) >= 11 is 0. The fourth-order valence-electron chi connectivity index (χ4n) is 5.65. The molecule has 2 heteroatoms. The molecule has 0 bridgehead atoms. The molecule has 0 spiro atoms. The van der Waals surface area contributed by atoms with Crippen molar-refractivity contribution in [3.8, 4) is 0 Å². The van der Waals surface area contributed by atoms with E-state index in [-0.39, 0.29) is 6.10 Å². The van der Waals surface area contributed by atoms with Gasteiger partial charge in [-0.2, -0.15) is 0 Å². The second-order valence-electron chi connectivity index (χ2n) is 9.41. The minimum absolute atomic E-state index is 0.0924. The molecule has 0 aromatic carbocycles. The molecular formula is C25H46O2. The van der Waals surface area contributed by atoms with Gasteiger partial charge in [-0.05, 0) is 56.3 Å². The average Bonchev–Trinajstić information content (AvgIpc) is 3.17. The molecule has 0 aliphatic heterocycles. The fraction of sp³-hybridized carbons (Fsp3) is 0.920. The van der Waals surface area contributed by atoms with Gasteiger partial charge in [-0.1, -0.05) is 83.3 Å². The lowest BCUT2D eigenvalue weighted by molar-refractivity contribution is 0.134. The summed E-state index contributed by atoms with van der Waals surface area (Å²) < 4.78 is 0. The van der Waals surface area contributed by atoms with E-state index in [1.807, 2.05) is 0 Å². The zero-order valence-corrected chi connectivity index (χ0v) is 18.0. The Morgan fingerprint density at radius 3 is 2.26 bits per heavy atom. The summed E-state index contributed by atoms with van der Waals surface area (Å²) in [6, 6.07) is 0. The third kappa shape index (κ3) is 8.28. The number of allylic oxidation sites excluding steroid dienone is 1. The molecule has 2 rings (SSSR count). The molecule has 0 heterocycles. The Morgan fingerprint density at radius 1 is 0.815 bits per heavy atom. The zero-order valence-electron chi connectivity index (χ0n) is 18.0. The highest BCUT2D eigenvalue weighted by Gasteiger charge is 2.46. The second-order valence-corrected chi connectivity index (χ2v) is 9.41. The van der Waals surface area contributed by atoms with E-state index in [0.29, 0.717) is 12.5 Å². The van der Waals surface area contributed by atoms with Gasteiger partial charge in [-0.25, -0.2) is 0 Å². The summed E-state index contributed by atoms with van der Waals surface area (Å²) in [6.45, 7) is 2.62. The van der Waals surface area contributed by atoms with Gasteiger partial charge in [-0.15, -0.1) is 0 Å². The summed E-state index contributed by atoms with van der Waals surface area (Å²) in [7, 11) is 0. The molecule has 5 atom stereocenters. The standard InChI is InChI=1S/C25H46O2/c1-2-3-4-5-6-7-8-9-10-13-16-23-24-19-21(15-12-11-14-17-26)18-22(24)20-25(23)27/h13,16,21-27H,2-12,14-15,17-20H2,1H3/b16-13+/t21?,22-,23+,24-,25+/m0/s1. The van der Waals surface area contributed by atoms with E-state index < -0.39 is 0 Å². The van der Waals surface area contributed by atoms with Crippen molar-refractivity contribution >= 4 is 0 Å². The molecule has 0 radical (unpaired) electrons. The number of rotatable bonds is 15. The Hall–Kier alpha value is -0.340. The van der Waals surface area contributed by atoms with Gasteiger partial charge in [0, 0.05) is 12.5 Å². The first-order valence-electron chi connectivity index (χ1n) is 12.2. The molecule has 2 fully saturated rings. The van der Waals surface area contributed by atoms with Crippen molar-refractivity contribution in [3.63, 3.8) is 0 Å². The summed E-state index contributed by atoms with van der Waals surface area (Å²) in [6.07, 6.45) is 25.4. The number of aliphatic hydroxyl groups is 2. The Bertz CT molecular complexity index is 392. The van der Waals surface area contributed by atoms with Crippen LogP contribution in [0.15, 0.2) is 12.2 Å². The number of fused-ring (bicyclic) bond motifs is 1. The SMILES string of the molecule is CCCCCCCCCC/C=C/[C@@H]1[C@H]2CC(CCCCCO)C[C@H]2C[C@H]1O. The topological polar surface area (TPSA) is 40.5 Å². The average molecular weight is 379 g/mol. The van der Waals surface area contributed by atoms with Gasteiger partial charge in [0.2, 0.25) is 0 Å². The molecule has 0 saturated heterocycles. The minimum Gasteiger partial charge on any atom is -0.396 e. The monoisotopic (exact) mass is 378 g/mol. The van der Waals surface area contributed by atoms with E-state index >= 15 is 0 Å². The third-order valence-corrected chi connectivity index (χ3v) is 7.18. The van der Waals surface area contributed by atoms with Crippen LogP contribution in [0.25, 0.3) is 0 Å². The molecule has 2 aliphatic rings. The van der Waals surface area contributed by atoms with Crippen molar-refractivity contribution < 1.29 is 10.2 Å². The molecule has 2 N–H and O–H groups in total. The summed E-state index contributed by atoms with van der Waals surface area (Å²) in [5.41, 5.74) is 0. The van der Waals surface area contributed by atoms with E-state index in [1.54, 1.807) is 0 Å². The van der Waals surface area contributed by atoms with Crippen molar-refractivity contribution in [2.75, 3.05) is 6.61 Å². The first-order valence-corrected chi connectivity index (χ1v) is 12.2. The molecule has 0 amide bonds. The first kappa shape index (κ1) is 22.9. The Balaban J connectivity index is 1.58. The predicted octanol–water partition coefficient (Wildman–Crippen LogP) is 6.65. The summed E-state index contributed by atoms with van der Waals surface area (Å²) in [5, 5.41) is 19.4. The van der Waals surface area contributed by atoms with Crippen LogP contribution >= 0.6 is 0 Å². The maximum absolute atomic E-state index is 10.5. The maximum atomic E-state index is 10.5. The minimum atomic E-state index is -0.0924. The van der Waals surface area contributed by atoms with Gasteiger partial charge < -0.3 is 10.2 Å². The maximum Gasteiger partial charge on any atom is 0.0608 e. The van der Waals surface area contributed by atoms with Crippen molar-refractivity contribution in [1.82, 2.24) is 0 Å². The molecule has 1 unspecified atom stereocenters. The van der Waals surface area contributed by atoms with Gasteiger partial charge in [0.1, 0.15) is 0 Å². The van der Waals surface area contributed by atoms with Crippen molar-refractivity contribution in [2.45, 2.75) is 116 Å². The highest BCUT2D eigenvalue weighted by atomic mass is 16.3. The number of hydrogen-bond acceptors (Lipinski definition) is 2. The number of aliphatic hydroxyl groups excluding tert-OH is 2. The Morgan fingerprint density at radius 2 is 1.52 bits per heavy atom. The molecule has 2 saturated carbocycles. The number of hydrogen-bond donors (Lipinski definition) is 2. The Labute approximate surface area is 168 Å². The molecule has 0 aromatic rings. The van der Waals surface area contributed by atoms with Gasteiger partial charge >= 0.3 is 0 Å². The lowest BCUT2D eigenvalue weighted by atomic mass is 9.89. The van der Waals surface area contributed by atoms with Crippen molar-refractivity contribution in [1.29, 1.82) is 0 Å². The molecule has 2 aliphatic carbocycles. The van der Waals surface area contributed by atoms with E-state index in [2.05, 4.69) is 19.1 Å². The normalized spacial score (nSPS) is 30.4. The third-order valence-electron chi connectivity index (χ3n) is 7.18. The lowest BCUT2D eigenvalue weighted by Gasteiger charge is -2.18. The van der Waals surface area contributed by atoms with E-state index in [4.69, 9.17) is 5.11 Å². The van der Waals surface area contributed by atoms with E-state index in [9.17, 15) is 5.11 Å². The van der Waals surface area contributed by atoms with Crippen LogP contribution < -0.4 is 0 Å².